The average Bonchev–Trinajstić information content (AvgIpc) is 3.24. The number of nitrogens with zero attached hydrogens (tertiary/aromatic N) is 2. The summed E-state index contributed by atoms with van der Waals surface area (Å²) in [4.78, 5) is 17.9. The van der Waals surface area contributed by atoms with Crippen molar-refractivity contribution in [3.05, 3.63) is 102 Å². The van der Waals surface area contributed by atoms with E-state index < -0.39 is 0 Å². The average molecular weight is 492 g/mol. The largest absolute Gasteiger partial charge is 0.497 e. The van der Waals surface area contributed by atoms with Gasteiger partial charge in [-0.25, -0.2) is 4.79 Å². The van der Waals surface area contributed by atoms with Gasteiger partial charge in [0.15, 0.2) is 0 Å². The molecule has 2 heterocycles. The molecule has 37 heavy (non-hydrogen) atoms. The van der Waals surface area contributed by atoms with E-state index in [9.17, 15) is 4.79 Å². The normalized spacial score (nSPS) is 16.6. The van der Waals surface area contributed by atoms with Crippen LogP contribution in [0, 0.1) is 6.92 Å². The molecule has 0 unspecified atom stereocenters. The van der Waals surface area contributed by atoms with Crippen molar-refractivity contribution in [2.75, 3.05) is 37.0 Å². The first-order valence-corrected chi connectivity index (χ1v) is 13.1. The van der Waals surface area contributed by atoms with E-state index >= 15 is 0 Å². The van der Waals surface area contributed by atoms with Gasteiger partial charge in [0.2, 0.25) is 0 Å². The maximum absolute atomic E-state index is 13.4. The van der Waals surface area contributed by atoms with Crippen LogP contribution in [0.3, 0.4) is 0 Å². The minimum Gasteiger partial charge on any atom is -0.497 e. The third-order valence-corrected chi connectivity index (χ3v) is 8.11. The van der Waals surface area contributed by atoms with Gasteiger partial charge in [-0.1, -0.05) is 54.1 Å². The standard InChI is InChI=1S/C32H33N3O2/c1-23-7-11-27(12-8-23)33-31(36)35-22-32(29-20-28(37-2)13-14-30(29)35)15-17-34(18-16-32)21-24-9-10-25-5-3-4-6-26(25)19-24/h3-14,19-20H,15-18,21-22H2,1-2H3,(H,33,36). The number of aryl methyl sites for hydroxylation is 1. The lowest BCUT2D eigenvalue weighted by molar-refractivity contribution is 0.160. The molecular weight excluding hydrogens is 458 g/mol. The monoisotopic (exact) mass is 491 g/mol. The van der Waals surface area contributed by atoms with Gasteiger partial charge >= 0.3 is 6.03 Å². The third-order valence-electron chi connectivity index (χ3n) is 8.11. The molecule has 0 aromatic heterocycles. The Bertz CT molecular complexity index is 1440. The van der Waals surface area contributed by atoms with Crippen molar-refractivity contribution >= 4 is 28.2 Å². The predicted molar refractivity (Wildman–Crippen MR) is 151 cm³/mol. The Morgan fingerprint density at radius 2 is 1.68 bits per heavy atom. The lowest BCUT2D eigenvalue weighted by Crippen LogP contribution is -2.46. The molecule has 0 aliphatic carbocycles. The van der Waals surface area contributed by atoms with E-state index in [1.165, 1.54) is 27.5 Å². The number of amides is 2. The van der Waals surface area contributed by atoms with Crippen LogP contribution in [-0.2, 0) is 12.0 Å². The zero-order valence-electron chi connectivity index (χ0n) is 21.5. The van der Waals surface area contributed by atoms with Crippen molar-refractivity contribution in [1.29, 1.82) is 0 Å². The Labute approximate surface area is 218 Å². The van der Waals surface area contributed by atoms with E-state index in [0.29, 0.717) is 6.54 Å². The van der Waals surface area contributed by atoms with Crippen molar-refractivity contribution in [2.24, 2.45) is 0 Å². The Morgan fingerprint density at radius 1 is 0.919 bits per heavy atom. The Hall–Kier alpha value is -3.83. The van der Waals surface area contributed by atoms with Crippen LogP contribution in [0.4, 0.5) is 16.2 Å². The van der Waals surface area contributed by atoms with Crippen LogP contribution in [0.25, 0.3) is 10.8 Å². The third kappa shape index (κ3) is 4.56. The molecule has 2 aliphatic rings. The van der Waals surface area contributed by atoms with Gasteiger partial charge in [0.1, 0.15) is 5.75 Å². The number of fused-ring (bicyclic) bond motifs is 3. The van der Waals surface area contributed by atoms with Crippen LogP contribution in [0.5, 0.6) is 5.75 Å². The number of piperidine rings is 1. The highest BCUT2D eigenvalue weighted by atomic mass is 16.5. The van der Waals surface area contributed by atoms with E-state index in [1.54, 1.807) is 7.11 Å². The summed E-state index contributed by atoms with van der Waals surface area (Å²) < 4.78 is 5.58. The fourth-order valence-electron chi connectivity index (χ4n) is 5.95. The van der Waals surface area contributed by atoms with Gasteiger partial charge in [-0.15, -0.1) is 0 Å². The van der Waals surface area contributed by atoms with Crippen LogP contribution >= 0.6 is 0 Å². The summed E-state index contributed by atoms with van der Waals surface area (Å²) in [5, 5.41) is 5.68. The van der Waals surface area contributed by atoms with Crippen molar-refractivity contribution in [3.63, 3.8) is 0 Å². The van der Waals surface area contributed by atoms with E-state index in [2.05, 4.69) is 58.7 Å². The summed E-state index contributed by atoms with van der Waals surface area (Å²) in [6.07, 6.45) is 2.02. The topological polar surface area (TPSA) is 44.8 Å². The fourth-order valence-corrected chi connectivity index (χ4v) is 5.95. The highest BCUT2D eigenvalue weighted by Crippen LogP contribution is 2.48. The first kappa shape index (κ1) is 23.6. The molecule has 188 valence electrons. The zero-order valence-corrected chi connectivity index (χ0v) is 21.5. The van der Waals surface area contributed by atoms with Gasteiger partial charge in [0, 0.05) is 29.9 Å². The fraction of sp³-hybridized carbons (Fsp3) is 0.281. The molecule has 1 saturated heterocycles. The molecule has 5 heteroatoms. The second kappa shape index (κ2) is 9.56. The summed E-state index contributed by atoms with van der Waals surface area (Å²) >= 11 is 0. The van der Waals surface area contributed by atoms with Gasteiger partial charge in [-0.2, -0.15) is 0 Å². The molecule has 0 atom stereocenters. The highest BCUT2D eigenvalue weighted by Gasteiger charge is 2.46. The van der Waals surface area contributed by atoms with Crippen molar-refractivity contribution in [2.45, 2.75) is 31.7 Å². The maximum Gasteiger partial charge on any atom is 0.326 e. The van der Waals surface area contributed by atoms with Gasteiger partial charge in [-0.05, 0) is 91.2 Å². The Kier molecular flexibility index (Phi) is 6.09. The van der Waals surface area contributed by atoms with Crippen molar-refractivity contribution in [3.8, 4) is 5.75 Å². The van der Waals surface area contributed by atoms with Gasteiger partial charge in [0.25, 0.3) is 0 Å². The number of hydrogen-bond acceptors (Lipinski definition) is 3. The molecule has 2 aliphatic heterocycles. The molecule has 1 spiro atoms. The maximum atomic E-state index is 13.4. The summed E-state index contributed by atoms with van der Waals surface area (Å²) in [6, 6.07) is 29.3. The number of hydrogen-bond donors (Lipinski definition) is 1. The molecule has 4 aromatic carbocycles. The lowest BCUT2D eigenvalue weighted by Gasteiger charge is -2.40. The zero-order chi connectivity index (χ0) is 25.4. The van der Waals surface area contributed by atoms with E-state index in [0.717, 1.165) is 49.6 Å². The highest BCUT2D eigenvalue weighted by molar-refractivity contribution is 6.03. The van der Waals surface area contributed by atoms with Crippen molar-refractivity contribution in [1.82, 2.24) is 4.90 Å². The molecular formula is C32H33N3O2. The smallest absolute Gasteiger partial charge is 0.326 e. The summed E-state index contributed by atoms with van der Waals surface area (Å²) in [7, 11) is 1.71. The summed E-state index contributed by atoms with van der Waals surface area (Å²) in [5.74, 6) is 0.845. The number of rotatable bonds is 4. The van der Waals surface area contributed by atoms with Crippen LogP contribution in [0.2, 0.25) is 0 Å². The first-order chi connectivity index (χ1) is 18.0. The molecule has 0 saturated carbocycles. The Balaban J connectivity index is 1.20. The second-order valence-electron chi connectivity index (χ2n) is 10.5. The number of urea groups is 1. The molecule has 1 fully saturated rings. The van der Waals surface area contributed by atoms with Crippen LogP contribution in [0.1, 0.15) is 29.5 Å². The quantitative estimate of drug-likeness (QED) is 0.344. The van der Waals surface area contributed by atoms with E-state index in [-0.39, 0.29) is 11.4 Å². The number of likely N-dealkylation sites (tertiary alicyclic amines) is 1. The first-order valence-electron chi connectivity index (χ1n) is 13.1. The van der Waals surface area contributed by atoms with Gasteiger partial charge < -0.3 is 10.1 Å². The number of nitrogens with one attached hydrogen (secondary N) is 1. The Morgan fingerprint density at radius 3 is 2.43 bits per heavy atom. The number of methoxy groups -OCH3 is 1. The number of ether oxygens (including phenoxy) is 1. The lowest BCUT2D eigenvalue weighted by atomic mass is 9.74. The number of anilines is 2. The molecule has 2 amide bonds. The van der Waals surface area contributed by atoms with E-state index in [4.69, 9.17) is 4.74 Å². The SMILES string of the molecule is COc1ccc2c(c1)C1(CCN(Cc3ccc4ccccc4c3)CC1)CN2C(=O)Nc1ccc(C)cc1. The van der Waals surface area contributed by atoms with Crippen LogP contribution in [-0.4, -0.2) is 37.7 Å². The number of carbonyl (C=O) groups is 1. The van der Waals surface area contributed by atoms with Gasteiger partial charge in [-0.3, -0.25) is 9.80 Å². The van der Waals surface area contributed by atoms with Crippen LogP contribution in [0.15, 0.2) is 84.9 Å². The summed E-state index contributed by atoms with van der Waals surface area (Å²) in [6.45, 7) is 5.68. The summed E-state index contributed by atoms with van der Waals surface area (Å²) in [5.41, 5.74) is 5.50. The number of benzene rings is 4. The molecule has 6 rings (SSSR count). The van der Waals surface area contributed by atoms with Crippen LogP contribution < -0.4 is 15.0 Å². The minimum absolute atomic E-state index is 0.0611. The molecule has 5 nitrogen and oxygen atoms in total. The number of carbonyl (C=O) groups excluding carboxylic acids is 1. The molecule has 4 aromatic rings. The molecule has 1 N–H and O–H groups in total. The molecule has 0 radical (unpaired) electrons. The van der Waals surface area contributed by atoms with Crippen molar-refractivity contribution < 1.29 is 9.53 Å². The molecule has 0 bridgehead atoms. The second-order valence-corrected chi connectivity index (χ2v) is 10.5. The van der Waals surface area contributed by atoms with E-state index in [1.807, 2.05) is 48.2 Å². The predicted octanol–water partition coefficient (Wildman–Crippen LogP) is 6.74. The van der Waals surface area contributed by atoms with Gasteiger partial charge in [0.05, 0.1) is 7.11 Å². The minimum atomic E-state index is -0.0780.